The van der Waals surface area contributed by atoms with Crippen molar-refractivity contribution in [3.8, 4) is 15.4 Å². The molecule has 2 N–H and O–H groups in total. The first-order chi connectivity index (χ1) is 16.4. The van der Waals surface area contributed by atoms with Crippen molar-refractivity contribution < 1.29 is 0 Å². The first kappa shape index (κ1) is 21.0. The van der Waals surface area contributed by atoms with Gasteiger partial charge in [-0.25, -0.2) is 0 Å². The van der Waals surface area contributed by atoms with Gasteiger partial charge in [0.25, 0.3) is 0 Å². The molecule has 0 saturated heterocycles. The van der Waals surface area contributed by atoms with E-state index in [9.17, 15) is 0 Å². The van der Waals surface area contributed by atoms with Crippen LogP contribution in [0.15, 0.2) is 53.4 Å². The molecule has 0 radical (unpaired) electrons. The van der Waals surface area contributed by atoms with E-state index in [0.717, 1.165) is 9.90 Å². The number of thiol groups is 1. The van der Waals surface area contributed by atoms with Crippen LogP contribution in [0.25, 0.3) is 56.0 Å². The molecule has 0 unspecified atom stereocenters. The van der Waals surface area contributed by atoms with E-state index in [4.69, 9.17) is 18.4 Å². The number of thiophene rings is 4. The predicted molar refractivity (Wildman–Crippen MR) is 159 cm³/mol. The fourth-order valence-corrected chi connectivity index (χ4v) is 10.1. The molecule has 0 atom stereocenters. The van der Waals surface area contributed by atoms with Crippen molar-refractivity contribution in [3.05, 3.63) is 64.5 Å². The highest BCUT2D eigenvalue weighted by molar-refractivity contribution is 7.80. The average Bonchev–Trinajstić information content (AvgIpc) is 3.56. The van der Waals surface area contributed by atoms with Crippen LogP contribution in [0.5, 0.6) is 0 Å². The zero-order valence-corrected chi connectivity index (χ0v) is 22.9. The molecule has 0 aliphatic rings. The smallest absolute Gasteiger partial charge is 0.0885 e. The van der Waals surface area contributed by atoms with E-state index in [0.29, 0.717) is 0 Å². The molecule has 0 aliphatic carbocycles. The Morgan fingerprint density at radius 3 is 2.24 bits per heavy atom. The Kier molecular flexibility index (Phi) is 4.55. The van der Waals surface area contributed by atoms with Gasteiger partial charge in [0.15, 0.2) is 0 Å². The summed E-state index contributed by atoms with van der Waals surface area (Å²) < 4.78 is 7.67. The standard InChI is InChI=1S/C27H20N2S5/c1-12-4-6-15(7-5-12)29-18-11-22(28)34-25(18)27-23(29)17-10-20-16(9-21(17)33-27)14(3)24(32-20)26-19(30)8-13(2)31-26/h4-11,30H,28H2,1-3H3. The Labute approximate surface area is 218 Å². The third kappa shape index (κ3) is 2.91. The van der Waals surface area contributed by atoms with Crippen LogP contribution in [-0.4, -0.2) is 4.57 Å². The minimum Gasteiger partial charge on any atom is -0.391 e. The molecule has 7 rings (SSSR count). The summed E-state index contributed by atoms with van der Waals surface area (Å²) in [5.41, 5.74) is 12.6. The summed E-state index contributed by atoms with van der Waals surface area (Å²) >= 11 is 12.1. The van der Waals surface area contributed by atoms with Gasteiger partial charge in [0.2, 0.25) is 0 Å². The Morgan fingerprint density at radius 1 is 0.765 bits per heavy atom. The Morgan fingerprint density at radius 2 is 1.50 bits per heavy atom. The Balaban J connectivity index is 1.57. The topological polar surface area (TPSA) is 30.9 Å². The summed E-state index contributed by atoms with van der Waals surface area (Å²) in [6.07, 6.45) is 0. The lowest BCUT2D eigenvalue weighted by molar-refractivity contribution is 1.18. The lowest BCUT2D eigenvalue weighted by atomic mass is 10.1. The highest BCUT2D eigenvalue weighted by Gasteiger charge is 2.22. The van der Waals surface area contributed by atoms with Crippen molar-refractivity contribution in [2.75, 3.05) is 5.73 Å². The second kappa shape index (κ2) is 7.35. The van der Waals surface area contributed by atoms with Gasteiger partial charge >= 0.3 is 0 Å². The van der Waals surface area contributed by atoms with Crippen LogP contribution < -0.4 is 5.73 Å². The lowest BCUT2D eigenvalue weighted by Crippen LogP contribution is -1.93. The van der Waals surface area contributed by atoms with Crippen LogP contribution in [0, 0.1) is 20.8 Å². The van der Waals surface area contributed by atoms with Gasteiger partial charge in [-0.2, -0.15) is 0 Å². The van der Waals surface area contributed by atoms with Crippen molar-refractivity contribution in [2.45, 2.75) is 25.7 Å². The monoisotopic (exact) mass is 532 g/mol. The summed E-state index contributed by atoms with van der Waals surface area (Å²) in [5.74, 6) is 0. The first-order valence-corrected chi connectivity index (χ1v) is 14.7. The van der Waals surface area contributed by atoms with Crippen LogP contribution >= 0.6 is 58.0 Å². The van der Waals surface area contributed by atoms with Gasteiger partial charge in [0, 0.05) is 35.1 Å². The summed E-state index contributed by atoms with van der Waals surface area (Å²) in [6.45, 7) is 6.53. The zero-order valence-electron chi connectivity index (χ0n) is 18.7. The minimum atomic E-state index is 0.862. The minimum absolute atomic E-state index is 0.862. The number of anilines is 1. The molecule has 2 nitrogen and oxygen atoms in total. The molecule has 7 aromatic rings. The normalized spacial score (nSPS) is 12.2. The van der Waals surface area contributed by atoms with E-state index >= 15 is 0 Å². The number of nitrogen functional groups attached to an aromatic ring is 1. The van der Waals surface area contributed by atoms with Crippen molar-refractivity contribution in [1.29, 1.82) is 0 Å². The van der Waals surface area contributed by atoms with E-state index in [1.54, 1.807) is 11.3 Å². The molecule has 0 spiro atoms. The van der Waals surface area contributed by atoms with Crippen molar-refractivity contribution in [1.82, 2.24) is 4.57 Å². The fraction of sp³-hybridized carbons (Fsp3) is 0.111. The molecule has 0 saturated carbocycles. The molecule has 0 aliphatic heterocycles. The molecule has 34 heavy (non-hydrogen) atoms. The number of nitrogens with two attached hydrogens (primary N) is 1. The summed E-state index contributed by atoms with van der Waals surface area (Å²) in [6, 6.07) is 17.9. The van der Waals surface area contributed by atoms with E-state index in [-0.39, 0.29) is 0 Å². The third-order valence-electron chi connectivity index (χ3n) is 6.46. The van der Waals surface area contributed by atoms with Gasteiger partial charge in [-0.3, -0.25) is 0 Å². The molecule has 5 aromatic heterocycles. The van der Waals surface area contributed by atoms with E-state index in [2.05, 4.69) is 73.9 Å². The molecule has 0 bridgehead atoms. The molecular formula is C27H20N2S5. The number of benzene rings is 2. The summed E-state index contributed by atoms with van der Waals surface area (Å²) in [5, 5.41) is 3.52. The Bertz CT molecular complexity index is 1900. The van der Waals surface area contributed by atoms with Crippen molar-refractivity contribution >= 4 is 104 Å². The van der Waals surface area contributed by atoms with E-state index < -0.39 is 0 Å². The van der Waals surface area contributed by atoms with Gasteiger partial charge in [-0.05, 0) is 68.1 Å². The maximum Gasteiger partial charge on any atom is 0.0885 e. The van der Waals surface area contributed by atoms with E-state index in [1.807, 2.05) is 34.0 Å². The van der Waals surface area contributed by atoms with Gasteiger partial charge in [0.1, 0.15) is 0 Å². The molecule has 0 amide bonds. The number of aryl methyl sites for hydroxylation is 3. The zero-order chi connectivity index (χ0) is 23.3. The van der Waals surface area contributed by atoms with Crippen molar-refractivity contribution in [3.63, 3.8) is 0 Å². The first-order valence-electron chi connectivity index (χ1n) is 10.9. The highest BCUT2D eigenvalue weighted by atomic mass is 32.1. The summed E-state index contributed by atoms with van der Waals surface area (Å²) in [4.78, 5) is 5.00. The average molecular weight is 533 g/mol. The number of fused-ring (bicyclic) bond motifs is 6. The maximum atomic E-state index is 6.27. The van der Waals surface area contributed by atoms with Crippen LogP contribution in [0.2, 0.25) is 0 Å². The second-order valence-corrected chi connectivity index (χ2v) is 13.7. The van der Waals surface area contributed by atoms with E-state index in [1.165, 1.54) is 72.1 Å². The molecule has 5 heterocycles. The molecule has 2 aromatic carbocycles. The molecule has 7 heteroatoms. The molecule has 0 fully saturated rings. The van der Waals surface area contributed by atoms with Gasteiger partial charge in [-0.1, -0.05) is 17.7 Å². The Hall–Kier alpha value is -2.29. The number of aromatic nitrogens is 1. The summed E-state index contributed by atoms with van der Waals surface area (Å²) in [7, 11) is 0. The fourth-order valence-electron chi connectivity index (χ4n) is 4.86. The van der Waals surface area contributed by atoms with Crippen molar-refractivity contribution in [2.24, 2.45) is 0 Å². The number of hydrogen-bond acceptors (Lipinski definition) is 6. The SMILES string of the molecule is Cc1ccc(-n2c3cc(N)sc3c3sc4cc5c(C)c(-c6sc(C)cc6S)sc5cc4c32)cc1. The number of nitrogens with zero attached hydrogens (tertiary/aromatic N) is 1. The van der Waals surface area contributed by atoms with Crippen LogP contribution in [0.3, 0.4) is 0 Å². The lowest BCUT2D eigenvalue weighted by Gasteiger charge is -2.07. The number of rotatable bonds is 2. The molecular weight excluding hydrogens is 513 g/mol. The number of hydrogen-bond donors (Lipinski definition) is 2. The van der Waals surface area contributed by atoms with Crippen LogP contribution in [0.1, 0.15) is 16.0 Å². The second-order valence-electron chi connectivity index (χ2n) is 8.79. The van der Waals surface area contributed by atoms with Gasteiger partial charge in [0.05, 0.1) is 30.3 Å². The largest absolute Gasteiger partial charge is 0.391 e. The van der Waals surface area contributed by atoms with Crippen LogP contribution in [0.4, 0.5) is 5.00 Å². The quantitative estimate of drug-likeness (QED) is 0.213. The highest BCUT2D eigenvalue weighted by Crippen LogP contribution is 2.50. The van der Waals surface area contributed by atoms with Gasteiger partial charge in [-0.15, -0.1) is 58.0 Å². The predicted octanol–water partition coefficient (Wildman–Crippen LogP) is 9.80. The maximum absolute atomic E-state index is 6.27. The third-order valence-corrected chi connectivity index (χ3v) is 11.7. The molecule has 168 valence electrons. The van der Waals surface area contributed by atoms with Crippen LogP contribution in [-0.2, 0) is 0 Å². The van der Waals surface area contributed by atoms with Gasteiger partial charge < -0.3 is 10.3 Å².